The molecule has 3 saturated heterocycles. The molecule has 20 atom stereocenters. The Morgan fingerprint density at radius 3 is 1.95 bits per heavy atom. The van der Waals surface area contributed by atoms with Crippen LogP contribution in [-0.4, -0.2) is 124 Å². The second-order valence-corrected chi connectivity index (χ2v) is 20.0. The Kier molecular flexibility index (Phi) is 13.0. The molecule has 14 nitrogen and oxygen atoms in total. The molecule has 8 aliphatic rings. The highest BCUT2D eigenvalue weighted by molar-refractivity contribution is 5.85. The lowest BCUT2D eigenvalue weighted by Gasteiger charge is -2.64. The lowest BCUT2D eigenvalue weighted by Crippen LogP contribution is -2.62. The number of carbonyl (C=O) groups is 2. The van der Waals surface area contributed by atoms with Crippen LogP contribution in [0.3, 0.4) is 0 Å². The van der Waals surface area contributed by atoms with Gasteiger partial charge in [0.1, 0.15) is 18.8 Å². The molecule has 4 N–H and O–H groups in total. The Balaban J connectivity index is 0.798. The lowest BCUT2D eigenvalue weighted by atomic mass is 9.43. The topological polar surface area (TPSA) is 189 Å². The third kappa shape index (κ3) is 8.29. The molecule has 0 bridgehead atoms. The molecule has 0 amide bonds. The molecule has 0 radical (unpaired) electrons. The minimum absolute atomic E-state index is 0.0104. The Morgan fingerprint density at radius 1 is 0.783 bits per heavy atom. The molecule has 0 unspecified atom stereocenters. The van der Waals surface area contributed by atoms with Crippen molar-refractivity contribution in [1.82, 2.24) is 0 Å². The summed E-state index contributed by atoms with van der Waals surface area (Å²) >= 11 is 0. The van der Waals surface area contributed by atoms with E-state index in [1.807, 2.05) is 6.92 Å². The molecule has 4 saturated carbocycles. The highest BCUT2D eigenvalue weighted by atomic mass is 16.7. The summed E-state index contributed by atoms with van der Waals surface area (Å²) in [5.74, 6) is 0.655. The van der Waals surface area contributed by atoms with E-state index in [-0.39, 0.29) is 60.4 Å². The minimum atomic E-state index is -1.00. The molecule has 8 rings (SSSR count). The Morgan fingerprint density at radius 2 is 1.38 bits per heavy atom. The lowest BCUT2D eigenvalue weighted by molar-refractivity contribution is -0.336. The normalized spacial score (nSPS) is 50.5. The first kappa shape index (κ1) is 44.6. The maximum absolute atomic E-state index is 12.6. The van der Waals surface area contributed by atoms with Crippen molar-refractivity contribution in [1.29, 1.82) is 0 Å². The van der Waals surface area contributed by atoms with Crippen LogP contribution in [0.25, 0.3) is 0 Å². The van der Waals surface area contributed by atoms with Gasteiger partial charge in [-0.25, -0.2) is 4.79 Å². The molecule has 0 aromatic heterocycles. The number of aliphatic hydroxyl groups is 4. The number of ether oxygens (including phenoxy) is 8. The highest BCUT2D eigenvalue weighted by Crippen LogP contribution is 2.70. The molecule has 4 aliphatic carbocycles. The van der Waals surface area contributed by atoms with Crippen molar-refractivity contribution in [2.75, 3.05) is 6.61 Å². The van der Waals surface area contributed by atoms with E-state index in [0.29, 0.717) is 24.9 Å². The van der Waals surface area contributed by atoms with Crippen LogP contribution in [0.2, 0.25) is 0 Å². The summed E-state index contributed by atoms with van der Waals surface area (Å²) < 4.78 is 48.2. The first-order chi connectivity index (χ1) is 28.5. The van der Waals surface area contributed by atoms with Gasteiger partial charge in [0.05, 0.1) is 48.3 Å². The standard InChI is InChI=1S/C46H70O14/c1-7-8-9-36(50)58-41-24(2)55-39(21-33(41)47)59-43-26(4)56-40(22-35(43)49)60-42-25(3)54-38(20-34(42)48)57-29-12-15-44(5)28(19-29)10-11-32-31(44)13-16-45(6)30(14-17-46(32,45)52)27-18-37(51)53-23-27/h7,18,24-26,28-35,38-43,47-49,52H,1,8-17,19-23H2,2-6H3/t24-,25-,26-,28-,29+,30-,31+,32-,33+,34+,35+,38+,39+,40+,41-,42-,43-,44+,45-,46+/m1/s1. The summed E-state index contributed by atoms with van der Waals surface area (Å²) in [5.41, 5.74) is 0.181. The van der Waals surface area contributed by atoms with Gasteiger partial charge in [-0.3, -0.25) is 4.79 Å². The van der Waals surface area contributed by atoms with E-state index in [9.17, 15) is 30.0 Å². The number of esters is 2. The summed E-state index contributed by atoms with van der Waals surface area (Å²) in [4.78, 5) is 24.1. The fourth-order valence-corrected chi connectivity index (χ4v) is 13.4. The monoisotopic (exact) mass is 846 g/mol. The number of hydrogen-bond donors (Lipinski definition) is 4. The molecule has 0 aromatic carbocycles. The van der Waals surface area contributed by atoms with E-state index in [0.717, 1.165) is 63.4 Å². The van der Waals surface area contributed by atoms with E-state index in [1.165, 1.54) is 0 Å². The number of hydrogen-bond acceptors (Lipinski definition) is 14. The van der Waals surface area contributed by atoms with Crippen molar-refractivity contribution in [2.24, 2.45) is 34.5 Å². The third-order valence-corrected chi connectivity index (χ3v) is 16.6. The predicted octanol–water partition coefficient (Wildman–Crippen LogP) is 4.76. The molecular formula is C46H70O14. The van der Waals surface area contributed by atoms with Crippen LogP contribution in [0.5, 0.6) is 0 Å². The number of allylic oxidation sites excluding steroid dienone is 1. The van der Waals surface area contributed by atoms with Gasteiger partial charge in [0, 0.05) is 37.2 Å². The summed E-state index contributed by atoms with van der Waals surface area (Å²) in [6.45, 7) is 14.0. The van der Waals surface area contributed by atoms with Gasteiger partial charge >= 0.3 is 11.9 Å². The molecule has 7 fully saturated rings. The van der Waals surface area contributed by atoms with E-state index < -0.39 is 85.4 Å². The van der Waals surface area contributed by atoms with E-state index in [1.54, 1.807) is 26.0 Å². The molecule has 0 aromatic rings. The van der Waals surface area contributed by atoms with Crippen LogP contribution < -0.4 is 0 Å². The molecular weight excluding hydrogens is 776 g/mol. The zero-order valence-corrected chi connectivity index (χ0v) is 36.2. The molecule has 14 heteroatoms. The molecule has 60 heavy (non-hydrogen) atoms. The van der Waals surface area contributed by atoms with Crippen LogP contribution in [0.1, 0.15) is 125 Å². The molecule has 338 valence electrons. The van der Waals surface area contributed by atoms with Crippen molar-refractivity contribution in [3.63, 3.8) is 0 Å². The zero-order chi connectivity index (χ0) is 42.7. The van der Waals surface area contributed by atoms with Gasteiger partial charge < -0.3 is 58.3 Å². The second-order valence-electron chi connectivity index (χ2n) is 20.0. The number of aliphatic hydroxyl groups excluding tert-OH is 3. The molecule has 4 aliphatic heterocycles. The van der Waals surface area contributed by atoms with Crippen LogP contribution in [0.4, 0.5) is 0 Å². The average Bonchev–Trinajstić information content (AvgIpc) is 3.74. The summed E-state index contributed by atoms with van der Waals surface area (Å²) in [6, 6.07) is 0. The van der Waals surface area contributed by atoms with Crippen molar-refractivity contribution >= 4 is 11.9 Å². The first-order valence-electron chi connectivity index (χ1n) is 22.9. The zero-order valence-electron chi connectivity index (χ0n) is 36.2. The van der Waals surface area contributed by atoms with Crippen molar-refractivity contribution in [3.05, 3.63) is 24.3 Å². The maximum Gasteiger partial charge on any atom is 0.331 e. The maximum atomic E-state index is 12.6. The van der Waals surface area contributed by atoms with Crippen LogP contribution >= 0.6 is 0 Å². The number of cyclic esters (lactones) is 1. The van der Waals surface area contributed by atoms with Crippen molar-refractivity contribution in [2.45, 2.75) is 210 Å². The van der Waals surface area contributed by atoms with E-state index in [2.05, 4.69) is 20.4 Å². The van der Waals surface area contributed by atoms with Gasteiger partial charge in [0.2, 0.25) is 0 Å². The fraction of sp³-hybridized carbons (Fsp3) is 0.870. The Labute approximate surface area is 354 Å². The van der Waals surface area contributed by atoms with Gasteiger partial charge in [-0.1, -0.05) is 19.9 Å². The Bertz CT molecular complexity index is 1570. The summed E-state index contributed by atoms with van der Waals surface area (Å²) in [6.07, 6.45) is 3.85. The van der Waals surface area contributed by atoms with Gasteiger partial charge in [-0.2, -0.15) is 0 Å². The van der Waals surface area contributed by atoms with Gasteiger partial charge in [-0.05, 0) is 120 Å². The molecule has 0 spiro atoms. The van der Waals surface area contributed by atoms with Gasteiger partial charge in [0.15, 0.2) is 25.0 Å². The van der Waals surface area contributed by atoms with E-state index in [4.69, 9.17) is 37.9 Å². The average molecular weight is 847 g/mol. The van der Waals surface area contributed by atoms with Crippen molar-refractivity contribution in [3.8, 4) is 0 Å². The van der Waals surface area contributed by atoms with Crippen molar-refractivity contribution < 1.29 is 67.9 Å². The van der Waals surface area contributed by atoms with Crippen LogP contribution in [0.15, 0.2) is 24.3 Å². The fourth-order valence-electron chi connectivity index (χ4n) is 13.4. The SMILES string of the molecule is C=CCCC(=O)O[C@H]1[C@@H](O)C[C@H](O[C@H]2[C@@H](O)C[C@H](O[C@H]3[C@@H](O)C[C@H](O[C@H]4CC[C@@]5(C)[C@H](CC[C@@H]6[C@@H]5CC[C@]5(C)[C@@H](C7=CC(=O)OC7)CC[C@]65O)C4)O[C@@H]3C)O[C@@H]2C)O[C@@H]1C. The van der Waals surface area contributed by atoms with Gasteiger partial charge in [0.25, 0.3) is 0 Å². The smallest absolute Gasteiger partial charge is 0.331 e. The number of fused-ring (bicyclic) bond motifs is 5. The van der Waals surface area contributed by atoms with Crippen LogP contribution in [0, 0.1) is 34.5 Å². The molecule has 4 heterocycles. The quantitative estimate of drug-likeness (QED) is 0.127. The number of rotatable bonds is 11. The second kappa shape index (κ2) is 17.5. The number of carbonyl (C=O) groups excluding carboxylic acids is 2. The predicted molar refractivity (Wildman–Crippen MR) is 215 cm³/mol. The highest BCUT2D eigenvalue weighted by Gasteiger charge is 2.68. The Hall–Kier alpha value is -1.98. The van der Waals surface area contributed by atoms with E-state index >= 15 is 0 Å². The van der Waals surface area contributed by atoms with Gasteiger partial charge in [-0.15, -0.1) is 6.58 Å². The third-order valence-electron chi connectivity index (χ3n) is 16.6. The summed E-state index contributed by atoms with van der Waals surface area (Å²) in [7, 11) is 0. The first-order valence-corrected chi connectivity index (χ1v) is 22.9. The minimum Gasteiger partial charge on any atom is -0.458 e. The summed E-state index contributed by atoms with van der Waals surface area (Å²) in [5, 5.41) is 45.9. The largest absolute Gasteiger partial charge is 0.458 e. The van der Waals surface area contributed by atoms with Crippen LogP contribution in [-0.2, 0) is 47.5 Å².